The van der Waals surface area contributed by atoms with E-state index in [-0.39, 0.29) is 27.4 Å². The summed E-state index contributed by atoms with van der Waals surface area (Å²) in [6, 6.07) is 0. The lowest BCUT2D eigenvalue weighted by Gasteiger charge is -1.27. The zero-order valence-corrected chi connectivity index (χ0v) is 3.52. The third kappa shape index (κ3) is 1010. The van der Waals surface area contributed by atoms with Crippen LogP contribution in [0.4, 0.5) is 0 Å². The van der Waals surface area contributed by atoms with Gasteiger partial charge in [0.2, 0.25) is 0 Å². The minimum absolute atomic E-state index is 0. The zero-order valence-electron chi connectivity index (χ0n) is 3.52. The van der Waals surface area contributed by atoms with Gasteiger partial charge in [-0.25, -0.2) is 5.90 Å². The largest absolute Gasteiger partial charge is 0.412 e. The Morgan fingerprint density at radius 3 is 0.571 bits per heavy atom. The van der Waals surface area contributed by atoms with E-state index in [9.17, 15) is 0 Å². The minimum Gasteiger partial charge on any atom is -0.412 e. The molecule has 0 radical (unpaired) electrons. The second-order valence-corrected chi connectivity index (χ2v) is 0. The molecule has 0 aliphatic carbocycles. The van der Waals surface area contributed by atoms with Crippen molar-refractivity contribution in [1.29, 1.82) is 0 Å². The van der Waals surface area contributed by atoms with Crippen LogP contribution in [0.15, 0.2) is 0 Å². The Hall–Kier alpha value is -0.280. The zero-order chi connectivity index (χ0) is 2.00. The van der Waals surface area contributed by atoms with E-state index in [2.05, 4.69) is 5.90 Å². The van der Waals surface area contributed by atoms with Crippen LogP contribution in [0.5, 0.6) is 0 Å². The Bertz CT molecular complexity index is 4.14. The highest BCUT2D eigenvalue weighted by molar-refractivity contribution is 2.77. The number of nitrogens with two attached hydrogens (primary N) is 1. The van der Waals surface area contributed by atoms with Crippen molar-refractivity contribution in [2.45, 2.75) is 0 Å². The van der Waals surface area contributed by atoms with Gasteiger partial charge in [-0.15, -0.1) is 0 Å². The molecular weight excluding hydrogens is 110 g/mol. The van der Waals surface area contributed by atoms with Gasteiger partial charge in [0.25, 0.3) is 0 Å². The van der Waals surface area contributed by atoms with Crippen LogP contribution in [-0.4, -0.2) is 32.6 Å². The minimum atomic E-state index is 0. The Kier molecular flexibility index (Phi) is 98500. The molecule has 0 saturated heterocycles. The molecule has 0 unspecified atom stereocenters. The van der Waals surface area contributed by atoms with E-state index in [4.69, 9.17) is 5.21 Å². The summed E-state index contributed by atoms with van der Waals surface area (Å²) in [5.74, 6) is 3.50. The van der Waals surface area contributed by atoms with E-state index < -0.39 is 0 Å². The topological polar surface area (TPSA) is 204 Å². The van der Waals surface area contributed by atoms with Crippen molar-refractivity contribution < 1.29 is 32.6 Å². The molecule has 54 valence electrons. The van der Waals surface area contributed by atoms with Gasteiger partial charge < -0.3 is 32.6 Å². The smallest absolute Gasteiger partial charge is 0.219 e. The fourth-order valence-electron chi connectivity index (χ4n) is 0. The lowest BCUT2D eigenvalue weighted by Crippen LogP contribution is -1.72. The molecule has 0 aliphatic rings. The highest BCUT2D eigenvalue weighted by atomic mass is 16.4. The fraction of sp³-hybridized carbons (Fsp3) is 0. The molecule has 0 spiro atoms. The predicted molar refractivity (Wildman–Crippen MR) is 24.0 cm³/mol. The molecule has 0 saturated carbocycles. The Morgan fingerprint density at radius 2 is 0.571 bits per heavy atom. The van der Waals surface area contributed by atoms with Crippen LogP contribution in [0.2, 0.25) is 0 Å². The first-order chi connectivity index (χ1) is 1.00. The Morgan fingerprint density at radius 1 is 0.571 bits per heavy atom. The van der Waals surface area contributed by atoms with E-state index in [1.165, 1.54) is 0 Å². The molecule has 7 heteroatoms. The van der Waals surface area contributed by atoms with Gasteiger partial charge in [-0.05, 0) is 0 Å². The van der Waals surface area contributed by atoms with Crippen LogP contribution in [0.1, 0.15) is 0 Å². The molecule has 0 heterocycles. The van der Waals surface area contributed by atoms with Crippen molar-refractivity contribution in [3.05, 3.63) is 0 Å². The van der Waals surface area contributed by atoms with Gasteiger partial charge in [-0.1, -0.05) is 0 Å². The van der Waals surface area contributed by atoms with Crippen molar-refractivity contribution in [2.24, 2.45) is 5.90 Å². The summed E-state index contributed by atoms with van der Waals surface area (Å²) in [5, 5.41) is 6.50. The summed E-state index contributed by atoms with van der Waals surface area (Å²) in [5.41, 5.74) is 0. The normalized spacial score (nSPS) is 0.857. The summed E-state index contributed by atoms with van der Waals surface area (Å²) < 4.78 is 0. The average molecular weight is 123 g/mol. The van der Waals surface area contributed by atoms with Gasteiger partial charge in [0.15, 0.2) is 0 Å². The lowest BCUT2D eigenvalue weighted by atomic mass is 13.6. The maximum atomic E-state index is 6.50. The van der Waals surface area contributed by atoms with Crippen LogP contribution < -0.4 is 5.90 Å². The molecular formula is H13NO6. The molecule has 0 rings (SSSR count). The van der Waals surface area contributed by atoms with Crippen LogP contribution in [0.25, 0.3) is 0 Å². The first-order valence-electron chi connectivity index (χ1n) is 0.258. The van der Waals surface area contributed by atoms with Crippen LogP contribution in [0, 0.1) is 0 Å². The molecule has 0 aromatic carbocycles. The second-order valence-electron chi connectivity index (χ2n) is 0. The predicted octanol–water partition coefficient (Wildman–Crippen LogP) is -4.79. The summed E-state index contributed by atoms with van der Waals surface area (Å²) in [6.45, 7) is 0. The monoisotopic (exact) mass is 123 g/mol. The third-order valence-electron chi connectivity index (χ3n) is 0. The van der Waals surface area contributed by atoms with Gasteiger partial charge >= 0.3 is 0 Å². The molecule has 0 bridgehead atoms. The highest BCUT2D eigenvalue weighted by Crippen LogP contribution is 0.410. The number of hydrogen-bond donors (Lipinski definition) is 2. The maximum absolute atomic E-state index is 6.50. The summed E-state index contributed by atoms with van der Waals surface area (Å²) in [6.07, 6.45) is 0. The first kappa shape index (κ1) is 424. The SMILES string of the molecule is NO.O.O.O.O.O. The molecule has 0 aromatic heterocycles. The van der Waals surface area contributed by atoms with Crippen molar-refractivity contribution in [1.82, 2.24) is 0 Å². The highest BCUT2D eigenvalue weighted by Gasteiger charge is 0.732. The summed E-state index contributed by atoms with van der Waals surface area (Å²) >= 11 is 0. The van der Waals surface area contributed by atoms with Crippen molar-refractivity contribution in [2.75, 3.05) is 0 Å². The fourth-order valence-corrected chi connectivity index (χ4v) is 0. The molecule has 13 N–H and O–H groups in total. The molecule has 0 amide bonds. The number of rotatable bonds is 0. The lowest BCUT2D eigenvalue weighted by molar-refractivity contribution is 0.311. The maximum Gasteiger partial charge on any atom is -0.219 e. The van der Waals surface area contributed by atoms with E-state index in [1.54, 1.807) is 0 Å². The van der Waals surface area contributed by atoms with Crippen molar-refractivity contribution in [3.63, 3.8) is 0 Å². The quantitative estimate of drug-likeness (QED) is 0.304. The van der Waals surface area contributed by atoms with Gasteiger partial charge in [0.1, 0.15) is 0 Å². The van der Waals surface area contributed by atoms with Crippen LogP contribution >= 0.6 is 0 Å². The van der Waals surface area contributed by atoms with E-state index in [0.717, 1.165) is 0 Å². The molecule has 0 atom stereocenters. The Labute approximate surface area is 39.9 Å². The van der Waals surface area contributed by atoms with Gasteiger partial charge in [0.05, 0.1) is 0 Å². The van der Waals surface area contributed by atoms with E-state index >= 15 is 0 Å². The number of hydrogen-bond acceptors (Lipinski definition) is 2. The van der Waals surface area contributed by atoms with Gasteiger partial charge in [-0.2, -0.15) is 0 Å². The third-order valence-corrected chi connectivity index (χ3v) is 0. The Balaban J connectivity index is -0.000000000500. The van der Waals surface area contributed by atoms with Crippen LogP contribution in [0.3, 0.4) is 0 Å². The molecule has 0 fully saturated rings. The molecule has 7 heavy (non-hydrogen) atoms. The molecule has 0 aliphatic heterocycles. The van der Waals surface area contributed by atoms with Crippen LogP contribution in [-0.2, 0) is 0 Å². The van der Waals surface area contributed by atoms with Crippen molar-refractivity contribution >= 4 is 0 Å². The van der Waals surface area contributed by atoms with E-state index in [0.29, 0.717) is 0 Å². The second kappa shape index (κ2) is 1630. The van der Waals surface area contributed by atoms with Crippen molar-refractivity contribution in [3.8, 4) is 0 Å². The average Bonchev–Trinajstić information content (AvgIpc) is 1.00. The standard InChI is InChI=1S/H3NO.5H2O/c1-2;;;;;/h2H,1H2;5*1H2. The van der Waals surface area contributed by atoms with Gasteiger partial charge in [-0.3, -0.25) is 0 Å². The van der Waals surface area contributed by atoms with Gasteiger partial charge in [0, 0.05) is 0 Å². The summed E-state index contributed by atoms with van der Waals surface area (Å²) in [7, 11) is 0. The molecule has 7 nitrogen and oxygen atoms in total. The first-order valence-corrected chi connectivity index (χ1v) is 0.258. The molecule has 0 aromatic rings. The van der Waals surface area contributed by atoms with E-state index in [1.807, 2.05) is 0 Å². The summed E-state index contributed by atoms with van der Waals surface area (Å²) in [4.78, 5) is 0.